The minimum absolute atomic E-state index is 0.0469. The highest BCUT2D eigenvalue weighted by atomic mass is 79.9. The number of hydrogen-bond acceptors (Lipinski definition) is 7. The van der Waals surface area contributed by atoms with Gasteiger partial charge in [0, 0.05) is 10.6 Å². The number of nitrogens with zero attached hydrogens (tertiary/aromatic N) is 1. The van der Waals surface area contributed by atoms with Gasteiger partial charge in [0.1, 0.15) is 6.54 Å². The number of thioether (sulfide) groups is 2. The van der Waals surface area contributed by atoms with Gasteiger partial charge in [0.15, 0.2) is 11.5 Å². The molecule has 0 atom stereocenters. The molecule has 0 saturated carbocycles. The van der Waals surface area contributed by atoms with Gasteiger partial charge in [-0.15, -0.1) is 11.8 Å². The molecular weight excluding hydrogens is 504 g/mol. The van der Waals surface area contributed by atoms with E-state index in [-0.39, 0.29) is 22.9 Å². The average Bonchev–Trinajstić information content (AvgIpc) is 2.99. The molecule has 7 nitrogen and oxygen atoms in total. The number of hydrogen-bond donors (Lipinski definition) is 2. The topological polar surface area (TPSA) is 95.9 Å². The average molecular weight is 523 g/mol. The number of phenols is 1. The number of aromatic hydroxyl groups is 1. The summed E-state index contributed by atoms with van der Waals surface area (Å²) in [4.78, 5) is 39.5. The number of phenolic OH excluding ortho intramolecular Hbond substituents is 1. The first kappa shape index (κ1) is 23.2. The van der Waals surface area contributed by atoms with Crippen LogP contribution in [0.1, 0.15) is 12.5 Å². The highest BCUT2D eigenvalue weighted by Gasteiger charge is 2.36. The predicted octanol–water partition coefficient (Wildman–Crippen LogP) is 4.95. The number of carbonyl (C=O) groups is 3. The van der Waals surface area contributed by atoms with Crippen molar-refractivity contribution in [1.82, 2.24) is 4.90 Å². The van der Waals surface area contributed by atoms with Gasteiger partial charge in [-0.2, -0.15) is 0 Å². The van der Waals surface area contributed by atoms with Gasteiger partial charge in [-0.25, -0.2) is 0 Å². The van der Waals surface area contributed by atoms with Gasteiger partial charge >= 0.3 is 0 Å². The maximum absolute atomic E-state index is 12.7. The SMILES string of the molecule is CCOc1cc(/C=C2/SC(=O)N(CC(=O)Nc3cccc(SC)c3)C2=O)cc(Br)c1O. The van der Waals surface area contributed by atoms with Crippen LogP contribution in [-0.4, -0.2) is 46.5 Å². The summed E-state index contributed by atoms with van der Waals surface area (Å²) in [5.74, 6) is -0.804. The maximum atomic E-state index is 12.7. The number of imide groups is 1. The van der Waals surface area contributed by atoms with Crippen LogP contribution in [0.15, 0.2) is 50.7 Å². The number of rotatable bonds is 7. The number of anilines is 1. The van der Waals surface area contributed by atoms with Crippen LogP contribution in [0.3, 0.4) is 0 Å². The first-order chi connectivity index (χ1) is 14.8. The quantitative estimate of drug-likeness (QED) is 0.392. The first-order valence-electron chi connectivity index (χ1n) is 9.17. The molecule has 0 radical (unpaired) electrons. The Morgan fingerprint density at radius 3 is 2.81 bits per heavy atom. The molecule has 2 N–H and O–H groups in total. The number of ether oxygens (including phenoxy) is 1. The van der Waals surface area contributed by atoms with E-state index in [2.05, 4.69) is 21.2 Å². The molecular formula is C21H19BrN2O5S2. The molecule has 0 aliphatic carbocycles. The van der Waals surface area contributed by atoms with E-state index in [1.807, 2.05) is 24.5 Å². The summed E-state index contributed by atoms with van der Waals surface area (Å²) in [7, 11) is 0. The largest absolute Gasteiger partial charge is 0.503 e. The first-order valence-corrected chi connectivity index (χ1v) is 12.0. The van der Waals surface area contributed by atoms with E-state index in [9.17, 15) is 19.5 Å². The highest BCUT2D eigenvalue weighted by Crippen LogP contribution is 2.38. The molecule has 1 saturated heterocycles. The van der Waals surface area contributed by atoms with Crippen LogP contribution in [0, 0.1) is 0 Å². The van der Waals surface area contributed by atoms with Crippen molar-refractivity contribution in [3.05, 3.63) is 51.3 Å². The second kappa shape index (κ2) is 10.3. The molecule has 3 amide bonds. The molecule has 1 aliphatic rings. The van der Waals surface area contributed by atoms with Crippen molar-refractivity contribution >= 4 is 68.3 Å². The van der Waals surface area contributed by atoms with Crippen molar-refractivity contribution in [1.29, 1.82) is 0 Å². The number of halogens is 1. The van der Waals surface area contributed by atoms with E-state index in [0.29, 0.717) is 22.3 Å². The number of nitrogens with one attached hydrogen (secondary N) is 1. The summed E-state index contributed by atoms with van der Waals surface area (Å²) in [5, 5.41) is 12.2. The van der Waals surface area contributed by atoms with Gasteiger partial charge in [0.05, 0.1) is 16.0 Å². The molecule has 2 aromatic rings. The molecule has 0 unspecified atom stereocenters. The fourth-order valence-electron chi connectivity index (χ4n) is 2.78. The molecule has 1 aliphatic heterocycles. The number of amides is 3. The third-order valence-corrected chi connectivity index (χ3v) is 6.41. The van der Waals surface area contributed by atoms with Crippen molar-refractivity contribution in [2.45, 2.75) is 11.8 Å². The summed E-state index contributed by atoms with van der Waals surface area (Å²) in [6, 6.07) is 10.5. The Labute approximate surface area is 196 Å². The molecule has 31 heavy (non-hydrogen) atoms. The van der Waals surface area contributed by atoms with Crippen molar-refractivity contribution in [2.75, 3.05) is 24.7 Å². The maximum Gasteiger partial charge on any atom is 0.294 e. The Morgan fingerprint density at radius 2 is 2.10 bits per heavy atom. The standard InChI is InChI=1S/C21H19BrN2O5S2/c1-3-29-16-8-12(7-15(22)19(16)26)9-17-20(27)24(21(28)31-17)11-18(25)23-13-5-4-6-14(10-13)30-2/h4-10,26H,3,11H2,1-2H3,(H,23,25)/b17-9+. The van der Waals surface area contributed by atoms with Crippen LogP contribution in [-0.2, 0) is 9.59 Å². The normalized spacial score (nSPS) is 14.9. The fourth-order valence-corrected chi connectivity index (χ4v) is 4.53. The summed E-state index contributed by atoms with van der Waals surface area (Å²) >= 11 is 5.55. The van der Waals surface area contributed by atoms with E-state index in [1.54, 1.807) is 36.9 Å². The molecule has 10 heteroatoms. The van der Waals surface area contributed by atoms with Crippen molar-refractivity contribution in [3.8, 4) is 11.5 Å². The van der Waals surface area contributed by atoms with Gasteiger partial charge < -0.3 is 15.2 Å². The van der Waals surface area contributed by atoms with Crippen LogP contribution in [0.2, 0.25) is 0 Å². The molecule has 162 valence electrons. The minimum Gasteiger partial charge on any atom is -0.503 e. The Bertz CT molecular complexity index is 1070. The van der Waals surface area contributed by atoms with E-state index < -0.39 is 17.1 Å². The van der Waals surface area contributed by atoms with Crippen LogP contribution in [0.4, 0.5) is 10.5 Å². The Morgan fingerprint density at radius 1 is 1.32 bits per heavy atom. The second-order valence-electron chi connectivity index (χ2n) is 6.33. The van der Waals surface area contributed by atoms with Gasteiger partial charge in [0.2, 0.25) is 5.91 Å². The Kier molecular flexibility index (Phi) is 7.69. The van der Waals surface area contributed by atoms with E-state index in [4.69, 9.17) is 4.74 Å². The Balaban J connectivity index is 1.74. The van der Waals surface area contributed by atoms with Gasteiger partial charge in [-0.1, -0.05) is 6.07 Å². The van der Waals surface area contributed by atoms with Crippen LogP contribution in [0.5, 0.6) is 11.5 Å². The number of benzene rings is 2. The molecule has 2 aromatic carbocycles. The van der Waals surface area contributed by atoms with E-state index in [1.165, 1.54) is 6.08 Å². The van der Waals surface area contributed by atoms with Crippen molar-refractivity contribution < 1.29 is 24.2 Å². The van der Waals surface area contributed by atoms with E-state index in [0.717, 1.165) is 21.6 Å². The zero-order chi connectivity index (χ0) is 22.5. The summed E-state index contributed by atoms with van der Waals surface area (Å²) < 4.78 is 5.78. The fraction of sp³-hybridized carbons (Fsp3) is 0.190. The van der Waals surface area contributed by atoms with Crippen molar-refractivity contribution in [2.24, 2.45) is 0 Å². The molecule has 0 spiro atoms. The Hall–Kier alpha value is -2.43. The van der Waals surface area contributed by atoms with Gasteiger partial charge in [0.25, 0.3) is 11.1 Å². The third kappa shape index (κ3) is 5.63. The smallest absolute Gasteiger partial charge is 0.294 e. The molecule has 0 aromatic heterocycles. The van der Waals surface area contributed by atoms with E-state index >= 15 is 0 Å². The molecule has 1 fully saturated rings. The minimum atomic E-state index is -0.551. The van der Waals surface area contributed by atoms with Gasteiger partial charge in [-0.05, 0) is 82.8 Å². The molecule has 1 heterocycles. The highest BCUT2D eigenvalue weighted by molar-refractivity contribution is 9.10. The third-order valence-electron chi connectivity index (χ3n) is 4.18. The lowest BCUT2D eigenvalue weighted by Gasteiger charge is -2.13. The van der Waals surface area contributed by atoms with Crippen LogP contribution < -0.4 is 10.1 Å². The monoisotopic (exact) mass is 522 g/mol. The lowest BCUT2D eigenvalue weighted by atomic mass is 10.2. The van der Waals surface area contributed by atoms with Crippen molar-refractivity contribution in [3.63, 3.8) is 0 Å². The molecule has 3 rings (SSSR count). The summed E-state index contributed by atoms with van der Waals surface area (Å²) in [6.07, 6.45) is 3.45. The summed E-state index contributed by atoms with van der Waals surface area (Å²) in [5.41, 5.74) is 1.16. The lowest BCUT2D eigenvalue weighted by Crippen LogP contribution is -2.36. The zero-order valence-corrected chi connectivity index (χ0v) is 19.9. The lowest BCUT2D eigenvalue weighted by molar-refractivity contribution is -0.127. The van der Waals surface area contributed by atoms with Crippen LogP contribution >= 0.6 is 39.5 Å². The zero-order valence-electron chi connectivity index (χ0n) is 16.7. The molecule has 0 bridgehead atoms. The van der Waals surface area contributed by atoms with Gasteiger partial charge in [-0.3, -0.25) is 19.3 Å². The summed E-state index contributed by atoms with van der Waals surface area (Å²) in [6.45, 7) is 1.76. The second-order valence-corrected chi connectivity index (χ2v) is 9.06. The predicted molar refractivity (Wildman–Crippen MR) is 127 cm³/mol. The van der Waals surface area contributed by atoms with Crippen LogP contribution in [0.25, 0.3) is 6.08 Å². The number of carbonyl (C=O) groups excluding carboxylic acids is 3.